The van der Waals surface area contributed by atoms with E-state index in [1.807, 2.05) is 0 Å². The van der Waals surface area contributed by atoms with Crippen molar-refractivity contribution >= 4 is 0 Å². The van der Waals surface area contributed by atoms with Crippen molar-refractivity contribution in [3.63, 3.8) is 0 Å². The molecule has 0 amide bonds. The van der Waals surface area contributed by atoms with Crippen molar-refractivity contribution < 1.29 is 0 Å². The van der Waals surface area contributed by atoms with Gasteiger partial charge in [-0.2, -0.15) is 0 Å². The molecule has 1 nitrogen and oxygen atoms in total. The number of benzene rings is 2. The molecule has 2 aromatic rings. The predicted molar refractivity (Wildman–Crippen MR) is 116 cm³/mol. The van der Waals surface area contributed by atoms with Gasteiger partial charge in [0.15, 0.2) is 0 Å². The zero-order valence-electron chi connectivity index (χ0n) is 17.3. The Morgan fingerprint density at radius 1 is 0.704 bits per heavy atom. The molecule has 4 rings (SSSR count). The minimum Gasteiger partial charge on any atom is -0.282 e. The van der Waals surface area contributed by atoms with Gasteiger partial charge in [0.2, 0.25) is 0 Å². The Labute approximate surface area is 164 Å². The average molecular weight is 358 g/mol. The van der Waals surface area contributed by atoms with Gasteiger partial charge >= 0.3 is 0 Å². The van der Waals surface area contributed by atoms with Crippen LogP contribution in [0.4, 0.5) is 0 Å². The van der Waals surface area contributed by atoms with Crippen molar-refractivity contribution in [3.8, 4) is 11.1 Å². The van der Waals surface area contributed by atoms with Gasteiger partial charge in [-0.05, 0) is 85.2 Å². The van der Waals surface area contributed by atoms with E-state index in [0.717, 1.165) is 6.54 Å². The smallest absolute Gasteiger partial charge is 0.0621 e. The zero-order valence-corrected chi connectivity index (χ0v) is 17.3. The first-order valence-electron chi connectivity index (χ1n) is 10.3. The molecule has 0 atom stereocenters. The lowest BCUT2D eigenvalue weighted by molar-refractivity contribution is 0.198. The largest absolute Gasteiger partial charge is 0.282 e. The van der Waals surface area contributed by atoms with Crippen molar-refractivity contribution in [3.05, 3.63) is 82.0 Å². The van der Waals surface area contributed by atoms with Crippen molar-refractivity contribution in [1.82, 2.24) is 4.90 Å². The highest BCUT2D eigenvalue weighted by Gasteiger charge is 2.39. The molecule has 0 spiro atoms. The second-order valence-corrected chi connectivity index (χ2v) is 8.19. The quantitative estimate of drug-likeness (QED) is 0.562. The summed E-state index contributed by atoms with van der Waals surface area (Å²) in [5.74, 6) is 0. The Kier molecular flexibility index (Phi) is 4.82. The molecule has 0 saturated carbocycles. The number of rotatable bonds is 5. The first kappa shape index (κ1) is 18.3. The number of fused-ring (bicyclic) bond motifs is 3. The van der Waals surface area contributed by atoms with Crippen LogP contribution < -0.4 is 0 Å². The standard InChI is InChI=1S/C26H31N/c1-6-7-16-27(25-19(4)17(2)18(3)20(25)5)26-23-14-10-8-12-21(23)22-13-9-11-15-24(22)26/h8-15,25-26H,6-7,16H2,1-5H3. The molecule has 2 aliphatic carbocycles. The summed E-state index contributed by atoms with van der Waals surface area (Å²) in [6.45, 7) is 12.7. The number of hydrogen-bond acceptors (Lipinski definition) is 1. The molecular weight excluding hydrogens is 326 g/mol. The SMILES string of the molecule is CCCCN(C1C(C)=C(C)C(C)=C1C)C1c2ccccc2-c2ccccc21. The minimum atomic E-state index is 0.345. The molecule has 0 bridgehead atoms. The third-order valence-corrected chi connectivity index (χ3v) is 6.80. The number of hydrogen-bond donors (Lipinski definition) is 0. The summed E-state index contributed by atoms with van der Waals surface area (Å²) >= 11 is 0. The fourth-order valence-electron chi connectivity index (χ4n) is 5.06. The molecule has 0 unspecified atom stereocenters. The van der Waals surface area contributed by atoms with E-state index in [9.17, 15) is 0 Å². The maximum atomic E-state index is 2.78. The van der Waals surface area contributed by atoms with Crippen LogP contribution in [-0.2, 0) is 0 Å². The molecule has 0 aromatic heterocycles. The first-order chi connectivity index (χ1) is 13.1. The Bertz CT molecular complexity index is 861. The van der Waals surface area contributed by atoms with E-state index in [-0.39, 0.29) is 0 Å². The number of allylic oxidation sites excluding steroid dienone is 2. The molecular formula is C26H31N. The van der Waals surface area contributed by atoms with Crippen molar-refractivity contribution in [2.45, 2.75) is 59.5 Å². The van der Waals surface area contributed by atoms with Crippen molar-refractivity contribution in [1.29, 1.82) is 0 Å². The summed E-state index contributed by atoms with van der Waals surface area (Å²) in [5, 5.41) is 0. The second kappa shape index (κ2) is 7.13. The molecule has 140 valence electrons. The Morgan fingerprint density at radius 2 is 1.19 bits per heavy atom. The third kappa shape index (κ3) is 2.80. The molecule has 2 aliphatic rings. The molecule has 0 heterocycles. The van der Waals surface area contributed by atoms with Crippen LogP contribution in [0.2, 0.25) is 0 Å². The van der Waals surface area contributed by atoms with Crippen LogP contribution >= 0.6 is 0 Å². The Balaban J connectivity index is 1.87. The molecule has 0 fully saturated rings. The van der Waals surface area contributed by atoms with Crippen LogP contribution in [0.3, 0.4) is 0 Å². The molecule has 27 heavy (non-hydrogen) atoms. The number of unbranched alkanes of at least 4 members (excludes halogenated alkanes) is 1. The van der Waals surface area contributed by atoms with Gasteiger partial charge < -0.3 is 0 Å². The molecule has 0 aliphatic heterocycles. The summed E-state index contributed by atoms with van der Waals surface area (Å²) in [5.41, 5.74) is 11.8. The molecule has 0 N–H and O–H groups in total. The van der Waals surface area contributed by atoms with E-state index in [4.69, 9.17) is 0 Å². The Morgan fingerprint density at radius 3 is 1.67 bits per heavy atom. The summed E-state index contributed by atoms with van der Waals surface area (Å²) in [6.07, 6.45) is 2.46. The highest BCUT2D eigenvalue weighted by Crippen LogP contribution is 2.49. The highest BCUT2D eigenvalue weighted by molar-refractivity contribution is 5.78. The van der Waals surface area contributed by atoms with Gasteiger partial charge in [-0.1, -0.05) is 61.9 Å². The van der Waals surface area contributed by atoms with Crippen LogP contribution in [0, 0.1) is 0 Å². The van der Waals surface area contributed by atoms with Crippen molar-refractivity contribution in [2.75, 3.05) is 6.54 Å². The molecule has 1 heteroatoms. The Hall–Kier alpha value is -2.12. The van der Waals surface area contributed by atoms with Gasteiger partial charge in [-0.15, -0.1) is 0 Å². The van der Waals surface area contributed by atoms with Gasteiger partial charge in [-0.25, -0.2) is 0 Å². The van der Waals surface area contributed by atoms with Crippen LogP contribution in [0.1, 0.15) is 64.6 Å². The maximum absolute atomic E-state index is 2.78. The van der Waals surface area contributed by atoms with E-state index >= 15 is 0 Å². The lowest BCUT2D eigenvalue weighted by Crippen LogP contribution is -2.39. The third-order valence-electron chi connectivity index (χ3n) is 6.80. The molecule has 2 aromatic carbocycles. The lowest BCUT2D eigenvalue weighted by Gasteiger charge is -2.37. The lowest BCUT2D eigenvalue weighted by atomic mass is 9.96. The van der Waals surface area contributed by atoms with E-state index in [1.54, 1.807) is 0 Å². The fraction of sp³-hybridized carbons (Fsp3) is 0.385. The summed E-state index contributed by atoms with van der Waals surface area (Å²) in [7, 11) is 0. The van der Waals surface area contributed by atoms with Gasteiger partial charge in [0, 0.05) is 0 Å². The van der Waals surface area contributed by atoms with E-state index < -0.39 is 0 Å². The van der Waals surface area contributed by atoms with Crippen LogP contribution in [0.15, 0.2) is 70.8 Å². The summed E-state index contributed by atoms with van der Waals surface area (Å²) in [4.78, 5) is 2.78. The van der Waals surface area contributed by atoms with Gasteiger partial charge in [0.05, 0.1) is 12.1 Å². The normalized spacial score (nSPS) is 17.3. The van der Waals surface area contributed by atoms with Gasteiger partial charge in [0.25, 0.3) is 0 Å². The summed E-state index contributed by atoms with van der Waals surface area (Å²) < 4.78 is 0. The highest BCUT2D eigenvalue weighted by atomic mass is 15.2. The number of nitrogens with zero attached hydrogens (tertiary/aromatic N) is 1. The second-order valence-electron chi connectivity index (χ2n) is 8.19. The minimum absolute atomic E-state index is 0.345. The first-order valence-corrected chi connectivity index (χ1v) is 10.3. The van der Waals surface area contributed by atoms with E-state index in [2.05, 4.69) is 88.0 Å². The maximum Gasteiger partial charge on any atom is 0.0621 e. The molecule has 0 radical (unpaired) electrons. The summed E-state index contributed by atoms with van der Waals surface area (Å²) in [6, 6.07) is 18.8. The van der Waals surface area contributed by atoms with Crippen LogP contribution in [-0.4, -0.2) is 17.5 Å². The fourth-order valence-corrected chi connectivity index (χ4v) is 5.06. The van der Waals surface area contributed by atoms with Crippen LogP contribution in [0.25, 0.3) is 11.1 Å². The van der Waals surface area contributed by atoms with Gasteiger partial charge in [-0.3, -0.25) is 4.90 Å². The predicted octanol–water partition coefficient (Wildman–Crippen LogP) is 6.91. The monoisotopic (exact) mass is 357 g/mol. The van der Waals surface area contributed by atoms with Crippen LogP contribution in [0.5, 0.6) is 0 Å². The average Bonchev–Trinajstić information content (AvgIpc) is 3.12. The van der Waals surface area contributed by atoms with E-state index in [1.165, 1.54) is 57.4 Å². The van der Waals surface area contributed by atoms with E-state index in [0.29, 0.717) is 12.1 Å². The topological polar surface area (TPSA) is 3.24 Å². The van der Waals surface area contributed by atoms with Gasteiger partial charge in [0.1, 0.15) is 0 Å². The zero-order chi connectivity index (χ0) is 19.1. The molecule has 0 saturated heterocycles. The van der Waals surface area contributed by atoms with Crippen molar-refractivity contribution in [2.24, 2.45) is 0 Å².